The molecule has 0 radical (unpaired) electrons. The van der Waals surface area contributed by atoms with Crippen molar-refractivity contribution in [3.05, 3.63) is 6.92 Å². The van der Waals surface area contributed by atoms with E-state index < -0.39 is 0 Å². The lowest BCUT2D eigenvalue weighted by atomic mass is 10.2. The summed E-state index contributed by atoms with van der Waals surface area (Å²) in [5, 5.41) is 0. The van der Waals surface area contributed by atoms with Crippen molar-refractivity contribution in [2.45, 2.75) is 18.9 Å². The van der Waals surface area contributed by atoms with E-state index in [0.717, 1.165) is 19.4 Å². The van der Waals surface area contributed by atoms with Gasteiger partial charge in [-0.1, -0.05) is 6.42 Å². The summed E-state index contributed by atoms with van der Waals surface area (Å²) in [5.74, 6) is 0.563. The topological polar surface area (TPSA) is 67.6 Å². The molecule has 0 heterocycles. The van der Waals surface area contributed by atoms with Crippen LogP contribution < -0.4 is 11.5 Å². The van der Waals surface area contributed by atoms with Crippen LogP contribution in [0.3, 0.4) is 0 Å². The van der Waals surface area contributed by atoms with Gasteiger partial charge in [0.05, 0.1) is 0 Å². The van der Waals surface area contributed by atoms with Gasteiger partial charge in [-0.25, -0.2) is 0 Å². The largest absolute Gasteiger partial charge is 0.370 e. The summed E-state index contributed by atoms with van der Waals surface area (Å²) >= 11 is 0. The van der Waals surface area contributed by atoms with Gasteiger partial charge in [0.2, 0.25) is 0 Å². The molecule has 0 aromatic heterocycles. The van der Waals surface area contributed by atoms with Crippen molar-refractivity contribution in [3.8, 4) is 0 Å². The summed E-state index contributed by atoms with van der Waals surface area (Å²) in [6.45, 7) is 4.58. The summed E-state index contributed by atoms with van der Waals surface area (Å²) in [7, 11) is 3.59. The lowest BCUT2D eigenvalue weighted by molar-refractivity contribution is 0.464. The molecule has 0 aromatic rings. The second-order valence-electron chi connectivity index (χ2n) is 2.91. The highest BCUT2D eigenvalue weighted by Crippen LogP contribution is 1.94. The average molecular weight is 171 g/mol. The fraction of sp³-hybridized carbons (Fsp3) is 0.750. The lowest BCUT2D eigenvalue weighted by Crippen LogP contribution is -2.35. The van der Waals surface area contributed by atoms with Crippen LogP contribution in [0.5, 0.6) is 0 Å². The Bertz CT molecular complexity index is 142. The van der Waals surface area contributed by atoms with E-state index in [-0.39, 0.29) is 6.04 Å². The monoisotopic (exact) mass is 171 g/mol. The van der Waals surface area contributed by atoms with Crippen molar-refractivity contribution in [1.29, 1.82) is 0 Å². The number of guanidine groups is 1. The molecule has 4 nitrogen and oxygen atoms in total. The van der Waals surface area contributed by atoms with Crippen molar-refractivity contribution < 1.29 is 0 Å². The first-order valence-corrected chi connectivity index (χ1v) is 4.10. The van der Waals surface area contributed by atoms with Crippen molar-refractivity contribution in [1.82, 2.24) is 4.90 Å². The Hall–Kier alpha value is -0.770. The Kier molecular flexibility index (Phi) is 5.45. The van der Waals surface area contributed by atoms with Crippen LogP contribution >= 0.6 is 0 Å². The summed E-state index contributed by atoms with van der Waals surface area (Å²) < 4.78 is 0. The quantitative estimate of drug-likeness (QED) is 0.350. The van der Waals surface area contributed by atoms with Gasteiger partial charge in [0.1, 0.15) is 0 Å². The third-order valence-electron chi connectivity index (χ3n) is 1.69. The van der Waals surface area contributed by atoms with E-state index in [4.69, 9.17) is 11.5 Å². The van der Waals surface area contributed by atoms with Crippen molar-refractivity contribution in [3.63, 3.8) is 0 Å². The van der Waals surface area contributed by atoms with Crippen LogP contribution in [0.1, 0.15) is 12.8 Å². The molecule has 0 aliphatic heterocycles. The van der Waals surface area contributed by atoms with Gasteiger partial charge < -0.3 is 23.3 Å². The molecule has 0 aromatic carbocycles. The molecule has 0 aliphatic rings. The first kappa shape index (κ1) is 11.2. The first-order chi connectivity index (χ1) is 5.57. The molecule has 4 heteroatoms. The molecule has 0 spiro atoms. The van der Waals surface area contributed by atoms with E-state index >= 15 is 0 Å². The predicted octanol–water partition coefficient (Wildman–Crippen LogP) is -0.196. The molecule has 12 heavy (non-hydrogen) atoms. The van der Waals surface area contributed by atoms with E-state index in [0.29, 0.717) is 5.96 Å². The Morgan fingerprint density at radius 3 is 2.67 bits per heavy atom. The Balaban J connectivity index is 3.51. The maximum absolute atomic E-state index is 5.56. The molecule has 4 N–H and O–H groups in total. The summed E-state index contributed by atoms with van der Waals surface area (Å²) in [4.78, 5) is 5.76. The van der Waals surface area contributed by atoms with E-state index in [2.05, 4.69) is 11.9 Å². The van der Waals surface area contributed by atoms with Gasteiger partial charge in [0.15, 0.2) is 5.96 Å². The fourth-order valence-electron chi connectivity index (χ4n) is 0.876. The number of nitrogens with two attached hydrogens (primary N) is 2. The molecule has 0 amide bonds. The molecule has 72 valence electrons. The third-order valence-corrected chi connectivity index (χ3v) is 1.69. The number of rotatable bonds is 4. The number of hydrogen-bond acceptors (Lipinski definition) is 2. The minimum atomic E-state index is 0.0261. The summed E-state index contributed by atoms with van der Waals surface area (Å²) in [6.07, 6.45) is 1.92. The highest BCUT2D eigenvalue weighted by Gasteiger charge is 1.99. The van der Waals surface area contributed by atoms with Gasteiger partial charge >= 0.3 is 0 Å². The number of hydrogen-bond donors (Lipinski definition) is 2. The van der Waals surface area contributed by atoms with Gasteiger partial charge in [-0.15, -0.1) is 6.04 Å². The van der Waals surface area contributed by atoms with Gasteiger partial charge in [0, 0.05) is 20.6 Å². The minimum Gasteiger partial charge on any atom is -0.370 e. The molecule has 0 saturated heterocycles. The Labute approximate surface area is 74.6 Å². The number of nitrogens with zero attached hydrogens (tertiary/aromatic N) is 2. The second kappa shape index (κ2) is 5.83. The second-order valence-corrected chi connectivity index (χ2v) is 2.91. The minimum absolute atomic E-state index is 0.0261. The standard InChI is InChI=1S/C8H19N4/c1-7(9)5-4-6-12(3)8(10)11-2/h7H,1,4-6,9H2,2-3H3,(H2,10,11)/q-1. The Morgan fingerprint density at radius 2 is 2.25 bits per heavy atom. The SMILES string of the molecule is [CH2-]C(N)CCCN(C)C(N)=NC. The average Bonchev–Trinajstić information content (AvgIpc) is 2.02. The van der Waals surface area contributed by atoms with Crippen LogP contribution in [0.4, 0.5) is 0 Å². The molecule has 0 fully saturated rings. The van der Waals surface area contributed by atoms with E-state index in [9.17, 15) is 0 Å². The highest BCUT2D eigenvalue weighted by atomic mass is 15.2. The lowest BCUT2D eigenvalue weighted by Gasteiger charge is -2.19. The van der Waals surface area contributed by atoms with Crippen LogP contribution in [-0.2, 0) is 0 Å². The van der Waals surface area contributed by atoms with Crippen LogP contribution in [0.15, 0.2) is 4.99 Å². The van der Waals surface area contributed by atoms with E-state index in [1.165, 1.54) is 0 Å². The zero-order chi connectivity index (χ0) is 9.56. The third kappa shape index (κ3) is 4.96. The molecule has 0 saturated carbocycles. The molecular formula is C8H19N4-. The highest BCUT2D eigenvalue weighted by molar-refractivity contribution is 5.77. The first-order valence-electron chi connectivity index (χ1n) is 4.10. The van der Waals surface area contributed by atoms with Gasteiger partial charge in [0.25, 0.3) is 0 Å². The van der Waals surface area contributed by atoms with Crippen LogP contribution in [0.25, 0.3) is 0 Å². The van der Waals surface area contributed by atoms with Crippen LogP contribution in [0, 0.1) is 6.92 Å². The molecular weight excluding hydrogens is 152 g/mol. The van der Waals surface area contributed by atoms with Crippen molar-refractivity contribution in [2.24, 2.45) is 16.5 Å². The van der Waals surface area contributed by atoms with Crippen molar-refractivity contribution >= 4 is 5.96 Å². The molecule has 0 rings (SSSR count). The molecule has 0 bridgehead atoms. The zero-order valence-corrected chi connectivity index (χ0v) is 7.95. The maximum Gasteiger partial charge on any atom is 0.190 e. The van der Waals surface area contributed by atoms with Crippen LogP contribution in [0.2, 0.25) is 0 Å². The smallest absolute Gasteiger partial charge is 0.190 e. The van der Waals surface area contributed by atoms with Crippen molar-refractivity contribution in [2.75, 3.05) is 20.6 Å². The molecule has 1 atom stereocenters. The Morgan fingerprint density at radius 1 is 1.67 bits per heavy atom. The predicted molar refractivity (Wildman–Crippen MR) is 52.7 cm³/mol. The van der Waals surface area contributed by atoms with Gasteiger partial charge in [-0.05, 0) is 6.42 Å². The number of aliphatic imine (C=N–C) groups is 1. The fourth-order valence-corrected chi connectivity index (χ4v) is 0.876. The summed E-state index contributed by atoms with van der Waals surface area (Å²) in [5.41, 5.74) is 11.1. The van der Waals surface area contributed by atoms with Crippen LogP contribution in [-0.4, -0.2) is 37.5 Å². The van der Waals surface area contributed by atoms with Gasteiger partial charge in [-0.3, -0.25) is 4.99 Å². The maximum atomic E-state index is 5.56. The normalized spacial score (nSPS) is 14.5. The molecule has 1 unspecified atom stereocenters. The summed E-state index contributed by atoms with van der Waals surface area (Å²) in [6, 6.07) is 0.0261. The van der Waals surface area contributed by atoms with Gasteiger partial charge in [-0.2, -0.15) is 0 Å². The molecule has 0 aliphatic carbocycles. The van der Waals surface area contributed by atoms with E-state index in [1.54, 1.807) is 7.05 Å². The van der Waals surface area contributed by atoms with E-state index in [1.807, 2.05) is 11.9 Å². The zero-order valence-electron chi connectivity index (χ0n) is 7.95.